The lowest BCUT2D eigenvalue weighted by Gasteiger charge is -2.26. The highest BCUT2D eigenvalue weighted by molar-refractivity contribution is 9.10. The van der Waals surface area contributed by atoms with Crippen LogP contribution in [0.2, 0.25) is 0 Å². The molecule has 4 N–H and O–H groups in total. The second-order valence-electron chi connectivity index (χ2n) is 4.66. The van der Waals surface area contributed by atoms with Crippen LogP contribution < -0.4 is 10.5 Å². The zero-order valence-corrected chi connectivity index (χ0v) is 12.6. The number of nitrogen functional groups attached to an aromatic ring is 1. The van der Waals surface area contributed by atoms with Crippen LogP contribution in [-0.2, 0) is 10.0 Å². The van der Waals surface area contributed by atoms with Crippen LogP contribution in [0, 0.1) is 0 Å². The number of nitrogens with one attached hydrogen (secondary N) is 1. The summed E-state index contributed by atoms with van der Waals surface area (Å²) < 4.78 is 27.7. The minimum atomic E-state index is -3.68. The third kappa shape index (κ3) is 3.65. The molecule has 0 unspecified atom stereocenters. The molecule has 1 aromatic heterocycles. The van der Waals surface area contributed by atoms with Crippen molar-refractivity contribution in [2.45, 2.75) is 42.7 Å². The number of pyridine rings is 1. The van der Waals surface area contributed by atoms with Gasteiger partial charge in [-0.3, -0.25) is 0 Å². The molecular weight excluding hydrogens is 334 g/mol. The third-order valence-electron chi connectivity index (χ3n) is 3.16. The summed E-state index contributed by atoms with van der Waals surface area (Å²) in [4.78, 5) is 3.80. The number of aliphatic hydroxyl groups is 1. The number of aliphatic hydroxyl groups excluding tert-OH is 1. The van der Waals surface area contributed by atoms with Crippen LogP contribution in [0.25, 0.3) is 0 Å². The van der Waals surface area contributed by atoms with Gasteiger partial charge in [-0.2, -0.15) is 0 Å². The summed E-state index contributed by atoms with van der Waals surface area (Å²) in [7, 11) is -3.68. The van der Waals surface area contributed by atoms with Crippen molar-refractivity contribution in [2.75, 3.05) is 5.73 Å². The van der Waals surface area contributed by atoms with E-state index in [-0.39, 0.29) is 22.9 Å². The lowest BCUT2D eigenvalue weighted by molar-refractivity contribution is 0.120. The van der Waals surface area contributed by atoms with Gasteiger partial charge in [0.2, 0.25) is 10.0 Å². The molecule has 1 aromatic rings. The predicted octanol–water partition coefficient (Wildman–Crippen LogP) is 1.01. The minimum absolute atomic E-state index is 0.0204. The molecule has 1 aliphatic rings. The first-order chi connectivity index (χ1) is 8.88. The van der Waals surface area contributed by atoms with E-state index in [2.05, 4.69) is 25.6 Å². The van der Waals surface area contributed by atoms with Gasteiger partial charge in [-0.25, -0.2) is 18.1 Å². The number of sulfonamides is 1. The number of halogens is 1. The number of nitrogens with zero attached hydrogens (tertiary/aromatic N) is 1. The van der Waals surface area contributed by atoms with Crippen molar-refractivity contribution in [1.29, 1.82) is 0 Å². The Labute approximate surface area is 120 Å². The van der Waals surface area contributed by atoms with E-state index in [1.165, 1.54) is 12.3 Å². The van der Waals surface area contributed by atoms with Crippen LogP contribution in [0.5, 0.6) is 0 Å². The van der Waals surface area contributed by atoms with E-state index < -0.39 is 10.0 Å². The van der Waals surface area contributed by atoms with Gasteiger partial charge in [-0.15, -0.1) is 0 Å². The first kappa shape index (κ1) is 14.7. The van der Waals surface area contributed by atoms with Gasteiger partial charge < -0.3 is 10.8 Å². The SMILES string of the molecule is Nc1ncc(Br)cc1S(=O)(=O)NC1CCC(O)CC1. The molecule has 0 aromatic carbocycles. The number of anilines is 1. The summed E-state index contributed by atoms with van der Waals surface area (Å²) in [6, 6.07) is 1.27. The van der Waals surface area contributed by atoms with Crippen molar-refractivity contribution < 1.29 is 13.5 Å². The fourth-order valence-electron chi connectivity index (χ4n) is 2.12. The van der Waals surface area contributed by atoms with E-state index in [0.717, 1.165) is 0 Å². The molecule has 0 atom stereocenters. The van der Waals surface area contributed by atoms with Crippen molar-refractivity contribution in [2.24, 2.45) is 0 Å². The maximum absolute atomic E-state index is 12.2. The van der Waals surface area contributed by atoms with Gasteiger partial charge in [0.25, 0.3) is 0 Å². The Morgan fingerprint density at radius 2 is 2.00 bits per heavy atom. The Morgan fingerprint density at radius 1 is 1.37 bits per heavy atom. The van der Waals surface area contributed by atoms with Crippen molar-refractivity contribution in [3.8, 4) is 0 Å². The fourth-order valence-corrected chi connectivity index (χ4v) is 4.02. The van der Waals surface area contributed by atoms with Crippen molar-refractivity contribution in [3.05, 3.63) is 16.7 Å². The number of nitrogens with two attached hydrogens (primary N) is 1. The molecule has 0 amide bonds. The first-order valence-electron chi connectivity index (χ1n) is 6.00. The van der Waals surface area contributed by atoms with E-state index >= 15 is 0 Å². The summed E-state index contributed by atoms with van der Waals surface area (Å²) in [5, 5.41) is 9.41. The number of hydrogen-bond donors (Lipinski definition) is 3. The molecule has 2 rings (SSSR count). The van der Waals surface area contributed by atoms with Crippen LogP contribution in [-0.4, -0.2) is 30.7 Å². The molecule has 0 saturated heterocycles. The molecule has 106 valence electrons. The maximum Gasteiger partial charge on any atom is 0.244 e. The molecule has 1 saturated carbocycles. The van der Waals surface area contributed by atoms with Crippen molar-refractivity contribution in [1.82, 2.24) is 9.71 Å². The summed E-state index contributed by atoms with van der Waals surface area (Å²) in [5.74, 6) is -0.0217. The number of hydrogen-bond acceptors (Lipinski definition) is 5. The molecule has 0 radical (unpaired) electrons. The standard InChI is InChI=1S/C11H16BrN3O3S/c12-7-5-10(11(13)14-6-7)19(17,18)15-8-1-3-9(16)4-2-8/h5-6,8-9,15-16H,1-4H2,(H2,13,14). The highest BCUT2D eigenvalue weighted by Gasteiger charge is 2.26. The van der Waals surface area contributed by atoms with E-state index in [1.54, 1.807) is 0 Å². The Balaban J connectivity index is 2.16. The molecule has 8 heteroatoms. The zero-order chi connectivity index (χ0) is 14.0. The van der Waals surface area contributed by atoms with Crippen LogP contribution in [0.1, 0.15) is 25.7 Å². The van der Waals surface area contributed by atoms with Crippen LogP contribution >= 0.6 is 15.9 Å². The highest BCUT2D eigenvalue weighted by Crippen LogP contribution is 2.24. The highest BCUT2D eigenvalue weighted by atomic mass is 79.9. The Hall–Kier alpha value is -0.700. The molecule has 1 aliphatic carbocycles. The van der Waals surface area contributed by atoms with Gasteiger partial charge in [0.1, 0.15) is 10.7 Å². The molecular formula is C11H16BrN3O3S. The van der Waals surface area contributed by atoms with E-state index in [1.807, 2.05) is 0 Å². The summed E-state index contributed by atoms with van der Waals surface area (Å²) in [6.07, 6.45) is 3.60. The zero-order valence-electron chi connectivity index (χ0n) is 10.2. The number of aromatic nitrogens is 1. The summed E-state index contributed by atoms with van der Waals surface area (Å²) in [5.41, 5.74) is 5.61. The van der Waals surface area contributed by atoms with Gasteiger partial charge in [-0.1, -0.05) is 0 Å². The van der Waals surface area contributed by atoms with Crippen molar-refractivity contribution in [3.63, 3.8) is 0 Å². The second kappa shape index (κ2) is 5.74. The van der Waals surface area contributed by atoms with Crippen molar-refractivity contribution >= 4 is 31.8 Å². The molecule has 19 heavy (non-hydrogen) atoms. The lowest BCUT2D eigenvalue weighted by atomic mass is 9.94. The van der Waals surface area contributed by atoms with Crippen LogP contribution in [0.15, 0.2) is 21.6 Å². The van der Waals surface area contributed by atoms with E-state index in [4.69, 9.17) is 5.73 Å². The summed E-state index contributed by atoms with van der Waals surface area (Å²) >= 11 is 3.18. The Kier molecular flexibility index (Phi) is 4.44. The van der Waals surface area contributed by atoms with E-state index in [0.29, 0.717) is 30.2 Å². The van der Waals surface area contributed by atoms with Gasteiger partial charge in [0.05, 0.1) is 6.10 Å². The molecule has 1 heterocycles. The predicted molar refractivity (Wildman–Crippen MR) is 74.9 cm³/mol. The smallest absolute Gasteiger partial charge is 0.244 e. The molecule has 0 spiro atoms. The Bertz CT molecular complexity index is 556. The van der Waals surface area contributed by atoms with E-state index in [9.17, 15) is 13.5 Å². The quantitative estimate of drug-likeness (QED) is 0.755. The van der Waals surface area contributed by atoms with Gasteiger partial charge in [-0.05, 0) is 47.7 Å². The largest absolute Gasteiger partial charge is 0.393 e. The molecule has 0 aliphatic heterocycles. The Morgan fingerprint density at radius 3 is 2.63 bits per heavy atom. The van der Waals surface area contributed by atoms with Crippen LogP contribution in [0.3, 0.4) is 0 Å². The molecule has 6 nitrogen and oxygen atoms in total. The molecule has 1 fully saturated rings. The fraction of sp³-hybridized carbons (Fsp3) is 0.545. The second-order valence-corrected chi connectivity index (χ2v) is 7.26. The van der Waals surface area contributed by atoms with Gasteiger partial charge >= 0.3 is 0 Å². The van der Waals surface area contributed by atoms with Crippen LogP contribution in [0.4, 0.5) is 5.82 Å². The van der Waals surface area contributed by atoms with Gasteiger partial charge in [0, 0.05) is 16.7 Å². The number of rotatable bonds is 3. The molecule has 0 bridgehead atoms. The average Bonchev–Trinajstić information content (AvgIpc) is 2.35. The third-order valence-corrected chi connectivity index (χ3v) is 5.14. The lowest BCUT2D eigenvalue weighted by Crippen LogP contribution is -2.38. The minimum Gasteiger partial charge on any atom is -0.393 e. The maximum atomic E-state index is 12.2. The first-order valence-corrected chi connectivity index (χ1v) is 8.27. The monoisotopic (exact) mass is 349 g/mol. The summed E-state index contributed by atoms with van der Waals surface area (Å²) in [6.45, 7) is 0. The normalized spacial score (nSPS) is 24.3. The average molecular weight is 350 g/mol. The topological polar surface area (TPSA) is 105 Å². The van der Waals surface area contributed by atoms with Gasteiger partial charge in [0.15, 0.2) is 0 Å².